The van der Waals surface area contributed by atoms with E-state index in [1.165, 1.54) is 11.3 Å². The number of nitrogens with two attached hydrogens (primary N) is 1. The number of aromatic nitrogens is 1. The van der Waals surface area contributed by atoms with Crippen molar-refractivity contribution in [1.29, 1.82) is 0 Å². The lowest BCUT2D eigenvalue weighted by molar-refractivity contribution is -0.124. The van der Waals surface area contributed by atoms with Gasteiger partial charge in [0.25, 0.3) is 0 Å². The predicted molar refractivity (Wildman–Crippen MR) is 80.7 cm³/mol. The summed E-state index contributed by atoms with van der Waals surface area (Å²) in [6, 6.07) is 0. The van der Waals surface area contributed by atoms with Crippen molar-refractivity contribution in [3.05, 3.63) is 11.1 Å². The maximum Gasteiger partial charge on any atom is 0.226 e. The molecular weight excluding hydrogens is 276 g/mol. The van der Waals surface area contributed by atoms with Crippen LogP contribution in [0.5, 0.6) is 0 Å². The van der Waals surface area contributed by atoms with Gasteiger partial charge in [0, 0.05) is 36.7 Å². The van der Waals surface area contributed by atoms with Crippen LogP contribution in [0.3, 0.4) is 0 Å². The zero-order valence-corrected chi connectivity index (χ0v) is 13.0. The molecule has 1 aromatic rings. The monoisotopic (exact) mass is 298 g/mol. The molecule has 0 unspecified atom stereocenters. The molecular formula is C13H22N4O2S. The average Bonchev–Trinajstić information content (AvgIpc) is 2.82. The summed E-state index contributed by atoms with van der Waals surface area (Å²) in [6.45, 7) is 7.02. The summed E-state index contributed by atoms with van der Waals surface area (Å²) in [7, 11) is 0. The smallest absolute Gasteiger partial charge is 0.226 e. The lowest BCUT2D eigenvalue weighted by Crippen LogP contribution is -2.29. The third-order valence-corrected chi connectivity index (χ3v) is 3.32. The van der Waals surface area contributed by atoms with Crippen molar-refractivity contribution in [3.8, 4) is 0 Å². The minimum atomic E-state index is -0.206. The highest BCUT2D eigenvalue weighted by atomic mass is 32.1. The minimum absolute atomic E-state index is 0.0401. The van der Waals surface area contributed by atoms with Crippen molar-refractivity contribution in [2.45, 2.75) is 39.0 Å². The van der Waals surface area contributed by atoms with Crippen LogP contribution in [0.4, 0.5) is 5.13 Å². The molecule has 2 amide bonds. The summed E-state index contributed by atoms with van der Waals surface area (Å²) in [5, 5.41) is 7.83. The molecule has 0 saturated heterocycles. The van der Waals surface area contributed by atoms with Gasteiger partial charge in [0.05, 0.1) is 5.69 Å². The van der Waals surface area contributed by atoms with Crippen LogP contribution in [0.15, 0.2) is 5.38 Å². The Morgan fingerprint density at radius 1 is 1.30 bits per heavy atom. The first kappa shape index (κ1) is 16.6. The topological polar surface area (TPSA) is 97.1 Å². The van der Waals surface area contributed by atoms with E-state index in [1.807, 2.05) is 5.38 Å². The Labute approximate surface area is 123 Å². The fourth-order valence-corrected chi connectivity index (χ4v) is 2.34. The molecule has 0 saturated carbocycles. The number of hydrogen-bond donors (Lipinski definition) is 3. The second kappa shape index (κ2) is 7.35. The number of rotatable bonds is 6. The highest BCUT2D eigenvalue weighted by Crippen LogP contribution is 2.26. The maximum absolute atomic E-state index is 11.7. The van der Waals surface area contributed by atoms with E-state index in [0.717, 1.165) is 5.69 Å². The van der Waals surface area contributed by atoms with Crippen molar-refractivity contribution >= 4 is 28.3 Å². The first-order valence-corrected chi connectivity index (χ1v) is 7.43. The van der Waals surface area contributed by atoms with Crippen LogP contribution < -0.4 is 16.4 Å². The number of nitrogens with one attached hydrogen (secondary N) is 2. The van der Waals surface area contributed by atoms with Gasteiger partial charge in [0.1, 0.15) is 0 Å². The van der Waals surface area contributed by atoms with E-state index < -0.39 is 0 Å². The molecule has 0 aliphatic rings. The minimum Gasteiger partial charge on any atom is -0.355 e. The predicted octanol–water partition coefficient (Wildman–Crippen LogP) is 1.23. The van der Waals surface area contributed by atoms with Gasteiger partial charge >= 0.3 is 0 Å². The number of anilines is 1. The summed E-state index contributed by atoms with van der Waals surface area (Å²) < 4.78 is 0. The summed E-state index contributed by atoms with van der Waals surface area (Å²) in [5.74, 6) is -0.372. The molecule has 1 rings (SSSR count). The molecule has 0 spiro atoms. The summed E-state index contributed by atoms with van der Waals surface area (Å²) >= 11 is 1.39. The lowest BCUT2D eigenvalue weighted by Gasteiger charge is -2.14. The molecule has 20 heavy (non-hydrogen) atoms. The van der Waals surface area contributed by atoms with E-state index in [0.29, 0.717) is 18.2 Å². The largest absolute Gasteiger partial charge is 0.355 e. The van der Waals surface area contributed by atoms with Gasteiger partial charge < -0.3 is 16.4 Å². The fraction of sp³-hybridized carbons (Fsp3) is 0.615. The molecule has 0 aliphatic carbocycles. The molecule has 6 nitrogen and oxygen atoms in total. The summed E-state index contributed by atoms with van der Waals surface area (Å²) in [5.41, 5.74) is 6.17. The van der Waals surface area contributed by atoms with Crippen LogP contribution >= 0.6 is 11.3 Å². The quantitative estimate of drug-likeness (QED) is 0.736. The first-order valence-electron chi connectivity index (χ1n) is 6.55. The zero-order chi connectivity index (χ0) is 15.2. The van der Waals surface area contributed by atoms with Gasteiger partial charge in [-0.25, -0.2) is 4.98 Å². The van der Waals surface area contributed by atoms with Crippen molar-refractivity contribution in [2.24, 2.45) is 5.73 Å². The number of carbonyl (C=O) groups is 2. The SMILES string of the molecule is CC(C)(C)c1csc(NC(=O)CCC(=O)NCCN)n1. The zero-order valence-electron chi connectivity index (χ0n) is 12.2. The Hall–Kier alpha value is -1.47. The van der Waals surface area contributed by atoms with E-state index in [4.69, 9.17) is 5.73 Å². The van der Waals surface area contributed by atoms with Gasteiger partial charge in [-0.2, -0.15) is 0 Å². The molecule has 0 aliphatic heterocycles. The number of hydrogen-bond acceptors (Lipinski definition) is 5. The highest BCUT2D eigenvalue weighted by Gasteiger charge is 2.18. The first-order chi connectivity index (χ1) is 9.32. The van der Waals surface area contributed by atoms with E-state index in [2.05, 4.69) is 36.4 Å². The maximum atomic E-state index is 11.7. The molecule has 112 valence electrons. The van der Waals surface area contributed by atoms with Gasteiger partial charge in [-0.1, -0.05) is 20.8 Å². The van der Waals surface area contributed by atoms with Crippen molar-refractivity contribution in [3.63, 3.8) is 0 Å². The molecule has 0 radical (unpaired) electrons. The average molecular weight is 298 g/mol. The third-order valence-electron chi connectivity index (χ3n) is 2.56. The second-order valence-corrected chi connectivity index (χ2v) is 6.33. The Morgan fingerprint density at radius 3 is 2.50 bits per heavy atom. The second-order valence-electron chi connectivity index (χ2n) is 5.47. The molecule has 0 atom stereocenters. The highest BCUT2D eigenvalue weighted by molar-refractivity contribution is 7.13. The van der Waals surface area contributed by atoms with Crippen LogP contribution in [0.25, 0.3) is 0 Å². The van der Waals surface area contributed by atoms with Gasteiger partial charge in [-0.15, -0.1) is 11.3 Å². The number of carbonyl (C=O) groups excluding carboxylic acids is 2. The van der Waals surface area contributed by atoms with Crippen LogP contribution in [0.1, 0.15) is 39.3 Å². The van der Waals surface area contributed by atoms with Crippen molar-refractivity contribution in [2.75, 3.05) is 18.4 Å². The molecule has 0 aromatic carbocycles. The Kier molecular flexibility index (Phi) is 6.09. The van der Waals surface area contributed by atoms with Crippen molar-refractivity contribution in [1.82, 2.24) is 10.3 Å². The molecule has 0 bridgehead atoms. The van der Waals surface area contributed by atoms with E-state index in [9.17, 15) is 9.59 Å². The molecule has 7 heteroatoms. The van der Waals surface area contributed by atoms with Gasteiger partial charge in [-0.3, -0.25) is 9.59 Å². The fourth-order valence-electron chi connectivity index (χ4n) is 1.38. The molecule has 0 fully saturated rings. The Balaban J connectivity index is 2.39. The van der Waals surface area contributed by atoms with Crippen LogP contribution in [0.2, 0.25) is 0 Å². The van der Waals surface area contributed by atoms with Crippen molar-refractivity contribution < 1.29 is 9.59 Å². The molecule has 1 aromatic heterocycles. The third kappa shape index (κ3) is 5.66. The Morgan fingerprint density at radius 2 is 1.95 bits per heavy atom. The Bertz CT molecular complexity index is 465. The number of nitrogens with zero attached hydrogens (tertiary/aromatic N) is 1. The number of amides is 2. The number of thiazole rings is 1. The van der Waals surface area contributed by atoms with E-state index >= 15 is 0 Å². The van der Waals surface area contributed by atoms with Gasteiger partial charge in [0.15, 0.2) is 5.13 Å². The van der Waals surface area contributed by atoms with E-state index in [-0.39, 0.29) is 30.1 Å². The lowest BCUT2D eigenvalue weighted by atomic mass is 9.93. The summed E-state index contributed by atoms with van der Waals surface area (Å²) in [4.78, 5) is 27.4. The van der Waals surface area contributed by atoms with Gasteiger partial charge in [0.2, 0.25) is 11.8 Å². The van der Waals surface area contributed by atoms with E-state index in [1.54, 1.807) is 0 Å². The molecule has 4 N–H and O–H groups in total. The standard InChI is InChI=1S/C13H22N4O2S/c1-13(2,3)9-8-20-12(16-9)17-11(19)5-4-10(18)15-7-6-14/h8H,4-7,14H2,1-3H3,(H,15,18)(H,16,17,19). The van der Waals surface area contributed by atoms with Crippen LogP contribution in [0, 0.1) is 0 Å². The summed E-state index contributed by atoms with van der Waals surface area (Å²) in [6.07, 6.45) is 0.296. The molecule has 1 heterocycles. The van der Waals surface area contributed by atoms with Crippen LogP contribution in [-0.2, 0) is 15.0 Å². The normalized spacial score (nSPS) is 11.2. The van der Waals surface area contributed by atoms with Crippen LogP contribution in [-0.4, -0.2) is 29.9 Å². The van der Waals surface area contributed by atoms with Gasteiger partial charge in [-0.05, 0) is 0 Å².